The van der Waals surface area contributed by atoms with Gasteiger partial charge >= 0.3 is 18.2 Å². The van der Waals surface area contributed by atoms with Crippen LogP contribution in [0.25, 0.3) is 0 Å². The molecule has 0 aromatic heterocycles. The Labute approximate surface area is 217 Å². The zero-order valence-corrected chi connectivity index (χ0v) is 21.7. The molecule has 5 amide bonds. The van der Waals surface area contributed by atoms with Crippen LogP contribution in [0.2, 0.25) is 0 Å². The van der Waals surface area contributed by atoms with E-state index in [1.807, 2.05) is 0 Å². The maximum absolute atomic E-state index is 13.4. The first-order valence-corrected chi connectivity index (χ1v) is 12.3. The smallest absolute Gasteiger partial charge is 0.452 e. The van der Waals surface area contributed by atoms with Gasteiger partial charge in [-0.05, 0) is 24.7 Å². The third kappa shape index (κ3) is 7.57. The van der Waals surface area contributed by atoms with Crippen molar-refractivity contribution in [3.8, 4) is 0 Å². The van der Waals surface area contributed by atoms with Crippen LogP contribution in [0.15, 0.2) is 0 Å². The van der Waals surface area contributed by atoms with Crippen molar-refractivity contribution in [1.82, 2.24) is 25.3 Å². The molecule has 0 aromatic rings. The van der Waals surface area contributed by atoms with Gasteiger partial charge in [0.15, 0.2) is 0 Å². The predicted octanol–water partition coefficient (Wildman–Crippen LogP) is 0.213. The van der Waals surface area contributed by atoms with Gasteiger partial charge in [-0.2, -0.15) is 13.2 Å². The monoisotopic (exact) mass is 549 g/mol. The molecule has 0 unspecified atom stereocenters. The number of Topliss-reactive ketones (excluding diaryl/α,β-unsaturated/α-hetero) is 1. The summed E-state index contributed by atoms with van der Waals surface area (Å²) in [6.45, 7) is 5.50. The van der Waals surface area contributed by atoms with Crippen LogP contribution in [0.4, 0.5) is 18.0 Å². The number of carbonyl (C=O) groups excluding carboxylic acids is 5. The molecule has 2 heterocycles. The predicted molar refractivity (Wildman–Crippen MR) is 126 cm³/mol. The fourth-order valence-electron chi connectivity index (χ4n) is 4.44. The number of nitrogens with zero attached hydrogens (tertiary/aromatic N) is 3. The Morgan fingerprint density at radius 1 is 0.921 bits per heavy atom. The van der Waals surface area contributed by atoms with Gasteiger partial charge in [0.25, 0.3) is 5.78 Å². The van der Waals surface area contributed by atoms with Crippen LogP contribution < -0.4 is 10.6 Å². The molecule has 2 saturated heterocycles. The van der Waals surface area contributed by atoms with Gasteiger partial charge in [0.05, 0.1) is 6.04 Å². The highest BCUT2D eigenvalue weighted by Gasteiger charge is 2.46. The summed E-state index contributed by atoms with van der Waals surface area (Å²) in [7, 11) is 0. The fraction of sp³-hybridized carbons (Fsp3) is 0.739. The summed E-state index contributed by atoms with van der Waals surface area (Å²) >= 11 is 0. The van der Waals surface area contributed by atoms with E-state index >= 15 is 0 Å². The number of amides is 5. The number of carboxylic acids is 1. The van der Waals surface area contributed by atoms with Gasteiger partial charge in [0.2, 0.25) is 17.7 Å². The van der Waals surface area contributed by atoms with Crippen LogP contribution in [0.3, 0.4) is 0 Å². The molecule has 2 rings (SSSR count). The van der Waals surface area contributed by atoms with Crippen molar-refractivity contribution in [3.05, 3.63) is 0 Å². The van der Waals surface area contributed by atoms with E-state index in [4.69, 9.17) is 5.11 Å². The lowest BCUT2D eigenvalue weighted by Gasteiger charge is -2.32. The molecular weight excluding hydrogens is 515 g/mol. The molecule has 0 aromatic carbocycles. The number of hydrogen-bond acceptors (Lipinski definition) is 6. The second kappa shape index (κ2) is 12.4. The van der Waals surface area contributed by atoms with E-state index in [1.54, 1.807) is 13.8 Å². The quantitative estimate of drug-likeness (QED) is 0.333. The molecule has 0 saturated carbocycles. The average Bonchev–Trinajstić information content (AvgIpc) is 3.41. The van der Waals surface area contributed by atoms with Gasteiger partial charge in [-0.15, -0.1) is 0 Å². The minimum Gasteiger partial charge on any atom is -0.480 e. The number of hydrogen-bond donors (Lipinski definition) is 3. The maximum atomic E-state index is 13.4. The number of nitrogens with one attached hydrogen (secondary N) is 2. The Morgan fingerprint density at radius 3 is 1.97 bits per heavy atom. The van der Waals surface area contributed by atoms with Crippen LogP contribution in [-0.2, 0) is 24.0 Å². The van der Waals surface area contributed by atoms with Crippen molar-refractivity contribution in [1.29, 1.82) is 0 Å². The van der Waals surface area contributed by atoms with Crippen LogP contribution in [-0.4, -0.2) is 112 Å². The highest BCUT2D eigenvalue weighted by atomic mass is 19.4. The molecule has 3 N–H and O–H groups in total. The highest BCUT2D eigenvalue weighted by Crippen LogP contribution is 2.24. The summed E-state index contributed by atoms with van der Waals surface area (Å²) in [5.41, 5.74) is 0. The SMILES string of the molecule is CC(C)[C@H](NC(=O)CN1CCN(CC(=O)O)C1=O)C(=O)N1CCC[C@H]1C(=O)N[C@@H](C(=O)C(F)(F)F)C(C)C. The van der Waals surface area contributed by atoms with E-state index in [-0.39, 0.29) is 26.1 Å². The number of carbonyl (C=O) groups is 6. The van der Waals surface area contributed by atoms with E-state index < -0.39 is 84.7 Å². The number of halogens is 3. The Morgan fingerprint density at radius 2 is 1.47 bits per heavy atom. The van der Waals surface area contributed by atoms with Gasteiger partial charge in [0.1, 0.15) is 25.2 Å². The van der Waals surface area contributed by atoms with Crippen molar-refractivity contribution in [2.24, 2.45) is 11.8 Å². The molecule has 0 bridgehead atoms. The summed E-state index contributed by atoms with van der Waals surface area (Å²) < 4.78 is 39.0. The first-order chi connectivity index (χ1) is 17.5. The number of rotatable bonds is 11. The molecule has 0 radical (unpaired) electrons. The lowest BCUT2D eigenvalue weighted by Crippen LogP contribution is -2.58. The van der Waals surface area contributed by atoms with Gasteiger partial charge in [0, 0.05) is 19.6 Å². The van der Waals surface area contributed by atoms with E-state index in [0.29, 0.717) is 6.42 Å². The second-order valence-corrected chi connectivity index (χ2v) is 10.1. The lowest BCUT2D eigenvalue weighted by atomic mass is 9.98. The van der Waals surface area contributed by atoms with Crippen molar-refractivity contribution in [2.75, 3.05) is 32.7 Å². The molecule has 12 nitrogen and oxygen atoms in total. The van der Waals surface area contributed by atoms with E-state index in [9.17, 15) is 41.9 Å². The van der Waals surface area contributed by atoms with Crippen LogP contribution in [0, 0.1) is 11.8 Å². The molecule has 3 atom stereocenters. The Balaban J connectivity index is 2.08. The third-order valence-corrected chi connectivity index (χ3v) is 6.46. The largest absolute Gasteiger partial charge is 0.480 e. The van der Waals surface area contributed by atoms with E-state index in [2.05, 4.69) is 10.6 Å². The van der Waals surface area contributed by atoms with Gasteiger partial charge < -0.3 is 30.4 Å². The van der Waals surface area contributed by atoms with E-state index in [1.165, 1.54) is 18.7 Å². The Kier molecular flexibility index (Phi) is 10.1. The van der Waals surface area contributed by atoms with Crippen LogP contribution in [0.1, 0.15) is 40.5 Å². The first kappa shape index (κ1) is 30.8. The molecule has 0 aliphatic carbocycles. The van der Waals surface area contributed by atoms with Gasteiger partial charge in [-0.3, -0.25) is 24.0 Å². The maximum Gasteiger partial charge on any atom is 0.452 e. The highest BCUT2D eigenvalue weighted by molar-refractivity contribution is 5.97. The molecule has 15 heteroatoms. The fourth-order valence-corrected chi connectivity index (χ4v) is 4.44. The van der Waals surface area contributed by atoms with Crippen molar-refractivity contribution in [3.63, 3.8) is 0 Å². The Hall–Kier alpha value is -3.39. The van der Waals surface area contributed by atoms with E-state index in [0.717, 1.165) is 9.80 Å². The summed E-state index contributed by atoms with van der Waals surface area (Å²) in [6, 6.07) is -4.65. The number of carboxylic acid groups (broad SMARTS) is 1. The molecule has 0 spiro atoms. The standard InChI is InChI=1S/C23H34F3N5O7/c1-12(2)17(19(35)23(24,25)26)28-20(36)14-6-5-7-31(14)21(37)18(13(3)4)27-15(32)10-29-8-9-30(22(29)38)11-16(33)34/h12-14,17-18H,5-11H2,1-4H3,(H,27,32)(H,28,36)(H,33,34)/t14-,17+,18-/m0/s1. The lowest BCUT2D eigenvalue weighted by molar-refractivity contribution is -0.175. The average molecular weight is 550 g/mol. The topological polar surface area (TPSA) is 156 Å². The third-order valence-electron chi connectivity index (χ3n) is 6.46. The zero-order valence-electron chi connectivity index (χ0n) is 21.7. The van der Waals surface area contributed by atoms with Gasteiger partial charge in [-0.25, -0.2) is 4.79 Å². The molecule has 38 heavy (non-hydrogen) atoms. The zero-order chi connectivity index (χ0) is 28.9. The van der Waals surface area contributed by atoms with Crippen LogP contribution >= 0.6 is 0 Å². The molecular formula is C23H34F3N5O7. The molecule has 2 aliphatic heterocycles. The van der Waals surface area contributed by atoms with Crippen molar-refractivity contribution in [2.45, 2.75) is 64.8 Å². The van der Waals surface area contributed by atoms with Crippen LogP contribution in [0.5, 0.6) is 0 Å². The number of aliphatic carboxylic acids is 1. The molecule has 2 aliphatic rings. The summed E-state index contributed by atoms with van der Waals surface area (Å²) in [4.78, 5) is 77.3. The number of likely N-dealkylation sites (tertiary alicyclic amines) is 1. The second-order valence-electron chi connectivity index (χ2n) is 10.1. The van der Waals surface area contributed by atoms with Crippen molar-refractivity contribution < 1.29 is 47.0 Å². The normalized spacial score (nSPS) is 19.7. The minimum atomic E-state index is -5.14. The number of ketones is 1. The number of urea groups is 1. The molecule has 2 fully saturated rings. The number of alkyl halides is 3. The first-order valence-electron chi connectivity index (χ1n) is 12.3. The molecule has 214 valence electrons. The van der Waals surface area contributed by atoms with Gasteiger partial charge in [-0.1, -0.05) is 27.7 Å². The summed E-state index contributed by atoms with van der Waals surface area (Å²) in [5.74, 6) is -6.73. The summed E-state index contributed by atoms with van der Waals surface area (Å²) in [6.07, 6.45) is -4.57. The summed E-state index contributed by atoms with van der Waals surface area (Å²) in [5, 5.41) is 13.6. The minimum absolute atomic E-state index is 0.127. The Bertz CT molecular complexity index is 956. The van der Waals surface area contributed by atoms with Crippen molar-refractivity contribution >= 4 is 35.5 Å².